The zero-order valence-corrected chi connectivity index (χ0v) is 12.0. The molecule has 8 nitrogen and oxygen atoms in total. The lowest BCUT2D eigenvalue weighted by Crippen LogP contribution is -2.22. The molecule has 0 unspecified atom stereocenters. The van der Waals surface area contributed by atoms with E-state index in [4.69, 9.17) is 16.4 Å². The van der Waals surface area contributed by atoms with Gasteiger partial charge in [0.25, 0.3) is 5.69 Å². The lowest BCUT2D eigenvalue weighted by molar-refractivity contribution is -0.384. The first kappa shape index (κ1) is 16.1. The first-order valence-corrected chi connectivity index (χ1v) is 6.04. The van der Waals surface area contributed by atoms with Gasteiger partial charge in [-0.15, -0.1) is 0 Å². The van der Waals surface area contributed by atoms with Gasteiger partial charge >= 0.3 is 0 Å². The molecule has 0 spiro atoms. The van der Waals surface area contributed by atoms with Gasteiger partial charge in [0.05, 0.1) is 4.92 Å². The third kappa shape index (κ3) is 4.01. The van der Waals surface area contributed by atoms with Gasteiger partial charge in [0.15, 0.2) is 5.84 Å². The monoisotopic (exact) mass is 288 g/mol. The first-order chi connectivity index (χ1) is 9.66. The second kappa shape index (κ2) is 6.00. The highest BCUT2D eigenvalue weighted by Gasteiger charge is 2.20. The number of hydrogen-bond acceptors (Lipinski definition) is 6. The molecule has 1 aromatic rings. The van der Waals surface area contributed by atoms with Crippen molar-refractivity contribution in [1.29, 1.82) is 10.7 Å². The van der Waals surface area contributed by atoms with Gasteiger partial charge in [0, 0.05) is 6.07 Å². The molecule has 0 aliphatic carbocycles. The Morgan fingerprint density at radius 1 is 1.52 bits per heavy atom. The standard InChI is InChI=1S/C13H16N6O2/c1-13(2,3)8-4-5-9(11(6-8)19(20)21)17-18-10(7-14)12(15)16/h4-6,17H,1-3H3,(H3,15,16)/b18-10+. The van der Waals surface area contributed by atoms with E-state index >= 15 is 0 Å². The Kier molecular flexibility index (Phi) is 4.60. The molecule has 0 aliphatic heterocycles. The summed E-state index contributed by atoms with van der Waals surface area (Å²) in [5.74, 6) is -0.515. The minimum absolute atomic E-state index is 0.127. The van der Waals surface area contributed by atoms with Crippen LogP contribution in [-0.4, -0.2) is 16.5 Å². The van der Waals surface area contributed by atoms with Crippen molar-refractivity contribution in [3.05, 3.63) is 33.9 Å². The van der Waals surface area contributed by atoms with E-state index in [9.17, 15) is 10.1 Å². The van der Waals surface area contributed by atoms with Crippen LogP contribution in [0.1, 0.15) is 26.3 Å². The predicted octanol–water partition coefficient (Wildman–Crippen LogP) is 2.12. The zero-order chi connectivity index (χ0) is 16.2. The van der Waals surface area contributed by atoms with Crippen molar-refractivity contribution >= 4 is 22.9 Å². The molecule has 0 atom stereocenters. The number of hydrazone groups is 1. The van der Waals surface area contributed by atoms with Crippen LogP contribution in [0.15, 0.2) is 23.3 Å². The van der Waals surface area contributed by atoms with E-state index in [1.54, 1.807) is 12.1 Å². The van der Waals surface area contributed by atoms with Gasteiger partial charge in [-0.2, -0.15) is 10.4 Å². The van der Waals surface area contributed by atoms with E-state index in [0.717, 1.165) is 5.56 Å². The smallest absolute Gasteiger partial charge is 0.294 e. The summed E-state index contributed by atoms with van der Waals surface area (Å²) >= 11 is 0. The van der Waals surface area contributed by atoms with Crippen LogP contribution in [0.4, 0.5) is 11.4 Å². The number of nitro benzene ring substituents is 1. The number of benzene rings is 1. The second-order valence-corrected chi connectivity index (χ2v) is 5.34. The highest BCUT2D eigenvalue weighted by Crippen LogP contribution is 2.31. The molecule has 0 aromatic heterocycles. The number of nitrogens with one attached hydrogen (secondary N) is 2. The van der Waals surface area contributed by atoms with Crippen molar-refractivity contribution < 1.29 is 4.92 Å². The normalized spacial score (nSPS) is 11.6. The fourth-order valence-electron chi connectivity index (χ4n) is 1.51. The van der Waals surface area contributed by atoms with Gasteiger partial charge in [0.2, 0.25) is 5.71 Å². The molecule has 0 aliphatic rings. The van der Waals surface area contributed by atoms with Gasteiger partial charge in [-0.25, -0.2) is 0 Å². The fraction of sp³-hybridized carbons (Fsp3) is 0.308. The number of rotatable bonds is 4. The largest absolute Gasteiger partial charge is 0.382 e. The molecule has 4 N–H and O–H groups in total. The number of anilines is 1. The van der Waals surface area contributed by atoms with E-state index in [0.29, 0.717) is 0 Å². The Labute approximate surface area is 121 Å². The van der Waals surface area contributed by atoms with Crippen LogP contribution in [0, 0.1) is 26.9 Å². The summed E-state index contributed by atoms with van der Waals surface area (Å²) in [6.45, 7) is 5.84. The minimum atomic E-state index is -0.535. The van der Waals surface area contributed by atoms with Gasteiger partial charge in [-0.05, 0) is 17.0 Å². The van der Waals surface area contributed by atoms with Crippen molar-refractivity contribution in [3.8, 4) is 6.07 Å². The fourth-order valence-corrected chi connectivity index (χ4v) is 1.51. The summed E-state index contributed by atoms with van der Waals surface area (Å²) in [6, 6.07) is 6.33. The Morgan fingerprint density at radius 3 is 2.57 bits per heavy atom. The summed E-state index contributed by atoms with van der Waals surface area (Å²) in [5.41, 5.74) is 7.75. The van der Waals surface area contributed by atoms with Crippen LogP contribution >= 0.6 is 0 Å². The minimum Gasteiger partial charge on any atom is -0.382 e. The number of nitrogens with two attached hydrogens (primary N) is 1. The maximum atomic E-state index is 11.1. The molecule has 8 heteroatoms. The van der Waals surface area contributed by atoms with Crippen molar-refractivity contribution in [2.24, 2.45) is 10.8 Å². The maximum absolute atomic E-state index is 11.1. The topological polar surface area (TPSA) is 141 Å². The second-order valence-electron chi connectivity index (χ2n) is 5.34. The van der Waals surface area contributed by atoms with Crippen LogP contribution in [0.25, 0.3) is 0 Å². The van der Waals surface area contributed by atoms with E-state index in [1.165, 1.54) is 12.1 Å². The molecular formula is C13H16N6O2. The molecular weight excluding hydrogens is 272 g/mol. The van der Waals surface area contributed by atoms with Crippen molar-refractivity contribution in [3.63, 3.8) is 0 Å². The molecule has 0 heterocycles. The van der Waals surface area contributed by atoms with Crippen molar-refractivity contribution in [1.82, 2.24) is 0 Å². The molecule has 0 bridgehead atoms. The van der Waals surface area contributed by atoms with Crippen LogP contribution in [0.2, 0.25) is 0 Å². The number of amidine groups is 1. The van der Waals surface area contributed by atoms with E-state index in [-0.39, 0.29) is 22.5 Å². The van der Waals surface area contributed by atoms with Crippen LogP contribution in [0.5, 0.6) is 0 Å². The van der Waals surface area contributed by atoms with Gasteiger partial charge in [-0.1, -0.05) is 26.8 Å². The van der Waals surface area contributed by atoms with E-state index < -0.39 is 10.8 Å². The Hall–Kier alpha value is -2.95. The lowest BCUT2D eigenvalue weighted by Gasteiger charge is -2.19. The SMILES string of the molecule is CC(C)(C)c1ccc(N/N=C(\C#N)C(=N)N)c([N+](=O)[O-])c1. The number of hydrogen-bond donors (Lipinski definition) is 3. The predicted molar refractivity (Wildman–Crippen MR) is 80.4 cm³/mol. The number of nitrogens with zero attached hydrogens (tertiary/aromatic N) is 3. The van der Waals surface area contributed by atoms with Crippen LogP contribution in [-0.2, 0) is 5.41 Å². The quantitative estimate of drug-likeness (QED) is 0.336. The molecule has 0 saturated heterocycles. The van der Waals surface area contributed by atoms with Crippen LogP contribution < -0.4 is 11.2 Å². The van der Waals surface area contributed by atoms with Gasteiger partial charge in [0.1, 0.15) is 11.8 Å². The van der Waals surface area contributed by atoms with Crippen LogP contribution in [0.3, 0.4) is 0 Å². The third-order valence-corrected chi connectivity index (χ3v) is 2.71. The third-order valence-electron chi connectivity index (χ3n) is 2.71. The van der Waals surface area contributed by atoms with Crippen molar-refractivity contribution in [2.75, 3.05) is 5.43 Å². The summed E-state index contributed by atoms with van der Waals surface area (Å²) < 4.78 is 0. The molecule has 1 rings (SSSR count). The summed E-state index contributed by atoms with van der Waals surface area (Å²) in [4.78, 5) is 10.6. The number of nitro groups is 1. The molecule has 110 valence electrons. The average molecular weight is 288 g/mol. The van der Waals surface area contributed by atoms with E-state index in [2.05, 4.69) is 10.5 Å². The summed E-state index contributed by atoms with van der Waals surface area (Å²) in [5, 5.41) is 30.6. The molecule has 0 saturated carbocycles. The summed E-state index contributed by atoms with van der Waals surface area (Å²) in [7, 11) is 0. The lowest BCUT2D eigenvalue weighted by atomic mass is 9.86. The molecule has 0 radical (unpaired) electrons. The molecule has 21 heavy (non-hydrogen) atoms. The number of nitriles is 1. The van der Waals surface area contributed by atoms with Gasteiger partial charge in [-0.3, -0.25) is 20.9 Å². The van der Waals surface area contributed by atoms with Gasteiger partial charge < -0.3 is 5.73 Å². The highest BCUT2D eigenvalue weighted by molar-refractivity contribution is 6.45. The zero-order valence-electron chi connectivity index (χ0n) is 12.0. The summed E-state index contributed by atoms with van der Waals surface area (Å²) in [6.07, 6.45) is 0. The Morgan fingerprint density at radius 2 is 2.14 bits per heavy atom. The van der Waals surface area contributed by atoms with E-state index in [1.807, 2.05) is 20.8 Å². The molecule has 0 amide bonds. The first-order valence-electron chi connectivity index (χ1n) is 6.04. The molecule has 0 fully saturated rings. The maximum Gasteiger partial charge on any atom is 0.294 e. The molecule has 1 aromatic carbocycles. The Balaban J connectivity index is 3.23. The van der Waals surface area contributed by atoms with Crippen molar-refractivity contribution in [2.45, 2.75) is 26.2 Å². The Bertz CT molecular complexity index is 652. The highest BCUT2D eigenvalue weighted by atomic mass is 16.6. The average Bonchev–Trinajstić information content (AvgIpc) is 2.37.